The number of benzene rings is 2. The molecule has 1 aliphatic rings. The molecule has 0 bridgehead atoms. The maximum atomic E-state index is 13.1. The maximum absolute atomic E-state index is 13.1. The molecule has 2 aromatic carbocycles. The second-order valence-electron chi connectivity index (χ2n) is 7.84. The van der Waals surface area contributed by atoms with Gasteiger partial charge in [0.2, 0.25) is 0 Å². The van der Waals surface area contributed by atoms with Crippen molar-refractivity contribution in [2.45, 2.75) is 13.1 Å². The summed E-state index contributed by atoms with van der Waals surface area (Å²) >= 11 is 5.33. The molecule has 3 aromatic rings. The lowest BCUT2D eigenvalue weighted by Crippen LogP contribution is -3.13. The van der Waals surface area contributed by atoms with Crippen LogP contribution in [-0.4, -0.2) is 60.3 Å². The van der Waals surface area contributed by atoms with Gasteiger partial charge >= 0.3 is 0 Å². The van der Waals surface area contributed by atoms with E-state index < -0.39 is 0 Å². The van der Waals surface area contributed by atoms with Crippen LogP contribution >= 0.6 is 12.2 Å². The maximum Gasteiger partial charge on any atom is 0.262 e. The van der Waals surface area contributed by atoms with Gasteiger partial charge in [-0.1, -0.05) is 30.3 Å². The van der Waals surface area contributed by atoms with E-state index in [1.807, 2.05) is 11.0 Å². The van der Waals surface area contributed by atoms with E-state index >= 15 is 0 Å². The van der Waals surface area contributed by atoms with Crippen LogP contribution in [0.4, 0.5) is 0 Å². The molecule has 1 saturated heterocycles. The number of aromatic amines is 1. The zero-order valence-corrected chi connectivity index (χ0v) is 18.4. The number of hydrogen-bond donors (Lipinski definition) is 2. The first kappa shape index (κ1) is 21.4. The number of piperazine rings is 1. The Labute approximate surface area is 185 Å². The van der Waals surface area contributed by atoms with Crippen molar-refractivity contribution in [1.29, 1.82) is 0 Å². The molecule has 2 N–H and O–H groups in total. The first-order valence-electron chi connectivity index (χ1n) is 10.5. The third-order valence-corrected chi connectivity index (χ3v) is 6.13. The predicted octanol–water partition coefficient (Wildman–Crippen LogP) is 1.25. The van der Waals surface area contributed by atoms with Crippen molar-refractivity contribution in [1.82, 2.24) is 14.5 Å². The number of methoxy groups -OCH3 is 1. The number of rotatable bonds is 6. The van der Waals surface area contributed by atoms with Crippen LogP contribution in [0.5, 0.6) is 0 Å². The van der Waals surface area contributed by atoms with E-state index in [-0.39, 0.29) is 11.5 Å². The second-order valence-corrected chi connectivity index (χ2v) is 8.23. The number of hydrogen-bond acceptors (Lipinski definition) is 4. The average Bonchev–Trinajstić information content (AvgIpc) is 2.79. The molecule has 0 spiro atoms. The number of nitrogens with zero attached hydrogens (tertiary/aromatic N) is 2. The van der Waals surface area contributed by atoms with Gasteiger partial charge in [-0.25, -0.2) is 0 Å². The number of quaternary nitrogens is 1. The standard InChI is InChI=1S/C23H26N4O3S/c1-30-14-13-27-22(29)19-8-7-18(15-20(19)24-23(27)31)21(28)26-11-9-25(10-12-26)16-17-5-3-2-4-6-17/h2-8,15H,9-14,16H2,1H3,(H,24,31)/p+1. The summed E-state index contributed by atoms with van der Waals surface area (Å²) < 4.78 is 6.87. The van der Waals surface area contributed by atoms with E-state index in [9.17, 15) is 9.59 Å². The SMILES string of the molecule is COCCn1c(=S)[nH]c2cc(C(=O)N3CC[NH+](Cc4ccccc4)CC3)ccc2c1=O. The fraction of sp³-hybridized carbons (Fsp3) is 0.348. The van der Waals surface area contributed by atoms with Crippen LogP contribution in [0.25, 0.3) is 10.9 Å². The molecule has 4 rings (SSSR count). The number of nitrogens with one attached hydrogen (secondary N) is 2. The van der Waals surface area contributed by atoms with Crippen LogP contribution in [0.2, 0.25) is 0 Å². The minimum atomic E-state index is -0.173. The number of fused-ring (bicyclic) bond motifs is 1. The van der Waals surface area contributed by atoms with Gasteiger partial charge in [-0.15, -0.1) is 0 Å². The molecule has 31 heavy (non-hydrogen) atoms. The lowest BCUT2D eigenvalue weighted by atomic mass is 10.1. The topological polar surface area (TPSA) is 71.8 Å². The van der Waals surface area contributed by atoms with Crippen molar-refractivity contribution in [3.63, 3.8) is 0 Å². The predicted molar refractivity (Wildman–Crippen MR) is 122 cm³/mol. The quantitative estimate of drug-likeness (QED) is 0.567. The van der Waals surface area contributed by atoms with Gasteiger partial charge in [-0.05, 0) is 30.4 Å². The molecule has 0 aliphatic carbocycles. The summed E-state index contributed by atoms with van der Waals surface area (Å²) in [5, 5.41) is 0.512. The minimum absolute atomic E-state index is 0.0106. The summed E-state index contributed by atoms with van der Waals surface area (Å²) in [6.45, 7) is 5.03. The Hall–Kier alpha value is -2.81. The number of carbonyl (C=O) groups is 1. The Kier molecular flexibility index (Phi) is 6.60. The summed E-state index contributed by atoms with van der Waals surface area (Å²) in [6, 6.07) is 15.6. The Balaban J connectivity index is 1.47. The summed E-state index contributed by atoms with van der Waals surface area (Å²) in [5.41, 5.74) is 2.30. The summed E-state index contributed by atoms with van der Waals surface area (Å²) in [5.74, 6) is -0.0106. The molecule has 1 aliphatic heterocycles. The van der Waals surface area contributed by atoms with E-state index in [2.05, 4.69) is 29.2 Å². The van der Waals surface area contributed by atoms with Crippen molar-refractivity contribution in [2.24, 2.45) is 0 Å². The Bertz CT molecular complexity index is 1180. The van der Waals surface area contributed by atoms with Gasteiger partial charge in [0, 0.05) is 18.2 Å². The molecule has 162 valence electrons. The van der Waals surface area contributed by atoms with Gasteiger partial charge in [0.05, 0.1) is 50.2 Å². The van der Waals surface area contributed by atoms with Gasteiger partial charge in [0.1, 0.15) is 6.54 Å². The van der Waals surface area contributed by atoms with Crippen molar-refractivity contribution < 1.29 is 14.4 Å². The molecule has 8 heteroatoms. The number of aromatic nitrogens is 2. The van der Waals surface area contributed by atoms with Gasteiger partial charge in [-0.2, -0.15) is 0 Å². The molecule has 0 saturated carbocycles. The Morgan fingerprint density at radius 1 is 1.16 bits per heavy atom. The van der Waals surface area contributed by atoms with E-state index in [0.717, 1.165) is 19.6 Å². The van der Waals surface area contributed by atoms with Crippen LogP contribution in [0.15, 0.2) is 53.3 Å². The molecule has 1 fully saturated rings. The zero-order chi connectivity index (χ0) is 21.8. The number of H-pyrrole nitrogens is 1. The zero-order valence-electron chi connectivity index (χ0n) is 17.6. The first-order valence-corrected chi connectivity index (χ1v) is 10.9. The Morgan fingerprint density at radius 3 is 2.61 bits per heavy atom. The van der Waals surface area contributed by atoms with Crippen LogP contribution in [0, 0.1) is 4.77 Å². The smallest absolute Gasteiger partial charge is 0.262 e. The summed E-state index contributed by atoms with van der Waals surface area (Å²) in [4.78, 5) is 32.3. The number of ether oxygens (including phenoxy) is 1. The van der Waals surface area contributed by atoms with E-state index in [1.165, 1.54) is 15.0 Å². The Morgan fingerprint density at radius 2 is 1.90 bits per heavy atom. The molecular weight excluding hydrogens is 412 g/mol. The highest BCUT2D eigenvalue weighted by atomic mass is 32.1. The third kappa shape index (κ3) is 4.76. The highest BCUT2D eigenvalue weighted by Gasteiger charge is 2.25. The van der Waals surface area contributed by atoms with Gasteiger partial charge in [0.25, 0.3) is 11.5 Å². The van der Waals surface area contributed by atoms with Gasteiger partial charge in [-0.3, -0.25) is 14.2 Å². The fourth-order valence-electron chi connectivity index (χ4n) is 4.04. The lowest BCUT2D eigenvalue weighted by molar-refractivity contribution is -0.917. The third-order valence-electron chi connectivity index (χ3n) is 5.80. The van der Waals surface area contributed by atoms with Crippen LogP contribution in [0.3, 0.4) is 0 Å². The van der Waals surface area contributed by atoms with Gasteiger partial charge < -0.3 is 19.5 Å². The molecule has 1 aromatic heterocycles. The molecule has 7 nitrogen and oxygen atoms in total. The monoisotopic (exact) mass is 439 g/mol. The number of amides is 1. The van der Waals surface area contributed by atoms with Crippen molar-refractivity contribution >= 4 is 29.0 Å². The molecule has 0 unspecified atom stereocenters. The lowest BCUT2D eigenvalue weighted by Gasteiger charge is -2.32. The molecule has 1 amide bonds. The summed E-state index contributed by atoms with van der Waals surface area (Å²) in [7, 11) is 1.58. The van der Waals surface area contributed by atoms with Crippen molar-refractivity contribution in [3.8, 4) is 0 Å². The van der Waals surface area contributed by atoms with E-state index in [4.69, 9.17) is 17.0 Å². The van der Waals surface area contributed by atoms with Crippen LogP contribution in [-0.2, 0) is 17.8 Å². The summed E-state index contributed by atoms with van der Waals surface area (Å²) in [6.07, 6.45) is 0. The fourth-order valence-corrected chi connectivity index (χ4v) is 4.33. The average molecular weight is 440 g/mol. The largest absolute Gasteiger partial charge is 0.383 e. The van der Waals surface area contributed by atoms with Gasteiger partial charge in [0.15, 0.2) is 4.77 Å². The van der Waals surface area contributed by atoms with E-state index in [0.29, 0.717) is 47.5 Å². The second kappa shape index (κ2) is 9.55. The normalized spacial score (nSPS) is 14.8. The number of carbonyl (C=O) groups excluding carboxylic acids is 1. The first-order chi connectivity index (χ1) is 15.1. The van der Waals surface area contributed by atoms with Crippen molar-refractivity contribution in [2.75, 3.05) is 39.9 Å². The van der Waals surface area contributed by atoms with Crippen LogP contribution in [0.1, 0.15) is 15.9 Å². The molecule has 2 heterocycles. The van der Waals surface area contributed by atoms with Crippen molar-refractivity contribution in [3.05, 3.63) is 74.8 Å². The van der Waals surface area contributed by atoms with Crippen LogP contribution < -0.4 is 10.5 Å². The highest BCUT2D eigenvalue weighted by Crippen LogP contribution is 2.13. The molecule has 0 atom stereocenters. The van der Waals surface area contributed by atoms with E-state index in [1.54, 1.807) is 25.3 Å². The minimum Gasteiger partial charge on any atom is -0.383 e. The molecular formula is C23H27N4O3S+. The molecule has 0 radical (unpaired) electrons. The highest BCUT2D eigenvalue weighted by molar-refractivity contribution is 7.71.